The molecule has 20 heavy (non-hydrogen) atoms. The quantitative estimate of drug-likeness (QED) is 0.781. The monoisotopic (exact) mass is 328 g/mol. The molecule has 0 N–H and O–H groups in total. The first-order valence-electron chi connectivity index (χ1n) is 6.40. The molecule has 0 amide bonds. The van der Waals surface area contributed by atoms with Gasteiger partial charge in [0.05, 0.1) is 6.42 Å². The Morgan fingerprint density at radius 3 is 2.50 bits per heavy atom. The Morgan fingerprint density at radius 2 is 1.80 bits per heavy atom. The van der Waals surface area contributed by atoms with Gasteiger partial charge >= 0.3 is 0 Å². The standard InChI is InChI=1S/C16H13BrN2O/c17-14-8-6-12(7-9-14)11-19-15(10-16(20)18-19)13-4-2-1-3-5-13/h1-9,11,15H,10H2/b19-11-. The van der Waals surface area contributed by atoms with Crippen molar-refractivity contribution in [2.75, 3.05) is 0 Å². The molecule has 3 rings (SSSR count). The molecule has 0 saturated carbocycles. The van der Waals surface area contributed by atoms with Crippen molar-refractivity contribution in [1.29, 1.82) is 0 Å². The third kappa shape index (κ3) is 2.80. The fraction of sp³-hybridized carbons (Fsp3) is 0.125. The Hall–Kier alpha value is -1.94. The van der Waals surface area contributed by atoms with Crippen molar-refractivity contribution < 1.29 is 9.79 Å². The van der Waals surface area contributed by atoms with Crippen molar-refractivity contribution in [2.24, 2.45) is 5.10 Å². The Balaban J connectivity index is 1.95. The first-order valence-corrected chi connectivity index (χ1v) is 7.20. The van der Waals surface area contributed by atoms with Crippen LogP contribution < -0.4 is 5.11 Å². The summed E-state index contributed by atoms with van der Waals surface area (Å²) in [5, 5.41) is 15.7. The number of rotatable bonds is 2. The highest BCUT2D eigenvalue weighted by atomic mass is 79.9. The first kappa shape index (κ1) is 13.1. The predicted molar refractivity (Wildman–Crippen MR) is 80.8 cm³/mol. The van der Waals surface area contributed by atoms with Crippen LogP contribution >= 0.6 is 15.9 Å². The van der Waals surface area contributed by atoms with Crippen molar-refractivity contribution in [3.05, 3.63) is 70.2 Å². The largest absolute Gasteiger partial charge is 0.857 e. The van der Waals surface area contributed by atoms with Gasteiger partial charge in [0.25, 0.3) is 0 Å². The summed E-state index contributed by atoms with van der Waals surface area (Å²) in [5.41, 5.74) is 2.13. The van der Waals surface area contributed by atoms with E-state index < -0.39 is 0 Å². The molecular weight excluding hydrogens is 316 g/mol. The number of halogens is 1. The molecule has 2 aromatic carbocycles. The number of hydrazone groups is 1. The van der Waals surface area contributed by atoms with Gasteiger partial charge in [-0.15, -0.1) is 0 Å². The maximum absolute atomic E-state index is 11.6. The molecule has 0 aromatic heterocycles. The molecule has 3 nitrogen and oxygen atoms in total. The molecule has 0 bridgehead atoms. The van der Waals surface area contributed by atoms with Crippen molar-refractivity contribution in [1.82, 2.24) is 0 Å². The van der Waals surface area contributed by atoms with Crippen molar-refractivity contribution in [3.8, 4) is 0 Å². The van der Waals surface area contributed by atoms with Gasteiger partial charge in [-0.1, -0.05) is 50.9 Å². The topological polar surface area (TPSA) is 38.4 Å². The van der Waals surface area contributed by atoms with Gasteiger partial charge in [0, 0.05) is 21.5 Å². The van der Waals surface area contributed by atoms with E-state index in [-0.39, 0.29) is 11.9 Å². The lowest BCUT2D eigenvalue weighted by Crippen LogP contribution is -2.15. The number of hydrogen-bond donors (Lipinski definition) is 0. The predicted octanol–water partition coefficient (Wildman–Crippen LogP) is 2.70. The third-order valence-corrected chi connectivity index (χ3v) is 3.78. The average molecular weight is 329 g/mol. The van der Waals surface area contributed by atoms with Crippen LogP contribution in [0.4, 0.5) is 0 Å². The molecule has 0 spiro atoms. The normalized spacial score (nSPS) is 20.1. The van der Waals surface area contributed by atoms with Gasteiger partial charge < -0.3 is 5.11 Å². The molecule has 0 radical (unpaired) electrons. The Kier molecular flexibility index (Phi) is 3.65. The van der Waals surface area contributed by atoms with Crippen LogP contribution in [0.1, 0.15) is 23.6 Å². The van der Waals surface area contributed by atoms with Gasteiger partial charge in [0.2, 0.25) is 12.3 Å². The fourth-order valence-corrected chi connectivity index (χ4v) is 2.53. The van der Waals surface area contributed by atoms with Gasteiger partial charge in [-0.2, -0.15) is 0 Å². The molecule has 0 aliphatic carbocycles. The van der Waals surface area contributed by atoms with Gasteiger partial charge in [-0.25, -0.2) is 0 Å². The highest BCUT2D eigenvalue weighted by Crippen LogP contribution is 2.25. The van der Waals surface area contributed by atoms with Crippen molar-refractivity contribution >= 4 is 28.0 Å². The summed E-state index contributed by atoms with van der Waals surface area (Å²) in [6.07, 6.45) is 2.34. The maximum atomic E-state index is 11.6. The smallest absolute Gasteiger partial charge is 0.213 e. The third-order valence-electron chi connectivity index (χ3n) is 3.25. The van der Waals surface area contributed by atoms with E-state index in [9.17, 15) is 5.11 Å². The molecule has 1 unspecified atom stereocenters. The summed E-state index contributed by atoms with van der Waals surface area (Å²) < 4.78 is 2.80. The summed E-state index contributed by atoms with van der Waals surface area (Å²) in [6, 6.07) is 17.9. The van der Waals surface area contributed by atoms with Gasteiger partial charge in [0.1, 0.15) is 0 Å². The number of nitrogens with zero attached hydrogens (tertiary/aromatic N) is 2. The van der Waals surface area contributed by atoms with E-state index in [2.05, 4.69) is 21.0 Å². The lowest BCUT2D eigenvalue weighted by molar-refractivity contribution is -0.563. The minimum absolute atomic E-state index is 0.00709. The summed E-state index contributed by atoms with van der Waals surface area (Å²) in [4.78, 5) is 0. The van der Waals surface area contributed by atoms with Crippen LogP contribution in [-0.4, -0.2) is 16.8 Å². The van der Waals surface area contributed by atoms with Crippen LogP contribution in [0, 0.1) is 0 Å². The minimum Gasteiger partial charge on any atom is -0.857 e. The zero-order valence-electron chi connectivity index (χ0n) is 10.7. The molecule has 1 heterocycles. The fourth-order valence-electron chi connectivity index (χ4n) is 2.26. The minimum atomic E-state index is -0.0767. The van der Waals surface area contributed by atoms with Crippen LogP contribution in [0.5, 0.6) is 0 Å². The first-order chi connectivity index (χ1) is 9.72. The molecular formula is C16H13BrN2O. The van der Waals surface area contributed by atoms with Gasteiger partial charge in [-0.05, 0) is 29.4 Å². The Morgan fingerprint density at radius 1 is 1.10 bits per heavy atom. The maximum Gasteiger partial charge on any atom is 0.213 e. The molecule has 4 heteroatoms. The zero-order valence-corrected chi connectivity index (χ0v) is 12.3. The molecule has 1 atom stereocenters. The molecule has 1 aliphatic rings. The van der Waals surface area contributed by atoms with Crippen LogP contribution in [0.15, 0.2) is 64.2 Å². The van der Waals surface area contributed by atoms with Gasteiger partial charge in [0.15, 0.2) is 0 Å². The second-order valence-corrected chi connectivity index (χ2v) is 5.60. The lowest BCUT2D eigenvalue weighted by Gasteiger charge is -2.05. The number of hydrogen-bond acceptors (Lipinski definition) is 2. The van der Waals surface area contributed by atoms with Crippen molar-refractivity contribution in [2.45, 2.75) is 12.5 Å². The highest BCUT2D eigenvalue weighted by Gasteiger charge is 2.29. The second-order valence-electron chi connectivity index (χ2n) is 4.69. The van der Waals surface area contributed by atoms with E-state index in [1.807, 2.05) is 60.8 Å². The highest BCUT2D eigenvalue weighted by molar-refractivity contribution is 9.10. The van der Waals surface area contributed by atoms with E-state index in [1.54, 1.807) is 4.68 Å². The Bertz CT molecular complexity index is 663. The summed E-state index contributed by atoms with van der Waals surface area (Å²) >= 11 is 3.41. The molecule has 1 aliphatic heterocycles. The summed E-state index contributed by atoms with van der Waals surface area (Å²) in [5.74, 6) is -0.0767. The lowest BCUT2D eigenvalue weighted by atomic mass is 10.0. The molecule has 2 aromatic rings. The molecule has 0 fully saturated rings. The van der Waals surface area contributed by atoms with E-state index >= 15 is 0 Å². The molecule has 0 saturated heterocycles. The number of benzene rings is 2. The van der Waals surface area contributed by atoms with Crippen LogP contribution in [0.25, 0.3) is 0 Å². The van der Waals surface area contributed by atoms with E-state index in [4.69, 9.17) is 0 Å². The van der Waals surface area contributed by atoms with Crippen LogP contribution in [0.2, 0.25) is 0 Å². The average Bonchev–Trinajstić information content (AvgIpc) is 2.83. The van der Waals surface area contributed by atoms with Gasteiger partial charge in [-0.3, -0.25) is 0 Å². The Labute approximate surface area is 126 Å². The second kappa shape index (κ2) is 5.59. The SMILES string of the molecule is [O-]C1=N/[N+](=C\c2ccc(Br)cc2)C(c2ccccc2)C1. The van der Waals surface area contributed by atoms with E-state index in [0.717, 1.165) is 15.6 Å². The summed E-state index contributed by atoms with van der Waals surface area (Å²) in [6.45, 7) is 0. The molecule has 100 valence electrons. The van der Waals surface area contributed by atoms with Crippen LogP contribution in [0.3, 0.4) is 0 Å². The van der Waals surface area contributed by atoms with E-state index in [0.29, 0.717) is 6.42 Å². The van der Waals surface area contributed by atoms with E-state index in [1.165, 1.54) is 0 Å². The zero-order chi connectivity index (χ0) is 13.9. The summed E-state index contributed by atoms with van der Waals surface area (Å²) in [7, 11) is 0. The van der Waals surface area contributed by atoms with Crippen LogP contribution in [-0.2, 0) is 0 Å². The van der Waals surface area contributed by atoms with Crippen molar-refractivity contribution in [3.63, 3.8) is 0 Å².